The highest BCUT2D eigenvalue weighted by atomic mass is 19.1. The Balaban J connectivity index is 2.56. The molecule has 0 heterocycles. The molecule has 0 bridgehead atoms. The molecule has 0 N–H and O–H groups in total. The summed E-state index contributed by atoms with van der Waals surface area (Å²) in [4.78, 5) is 0. The maximum Gasteiger partial charge on any atom is 0.124 e. The zero-order valence-electron chi connectivity index (χ0n) is 7.97. The normalized spacial score (nSPS) is 20.1. The van der Waals surface area contributed by atoms with E-state index in [4.69, 9.17) is 0 Å². The Bertz CT molecular complexity index is 364. The first-order valence-electron chi connectivity index (χ1n) is 4.64. The fraction of sp³-hybridized carbons (Fsp3) is 0.333. The van der Waals surface area contributed by atoms with Crippen molar-refractivity contribution in [2.45, 2.75) is 20.3 Å². The highest BCUT2D eigenvalue weighted by Gasteiger charge is 2.12. The lowest BCUT2D eigenvalue weighted by Crippen LogP contribution is -2.05. The lowest BCUT2D eigenvalue weighted by Gasteiger charge is -2.17. The molecular weight excluding hydrogens is 163 g/mol. The third-order valence-corrected chi connectivity index (χ3v) is 2.60. The molecule has 0 nitrogen and oxygen atoms in total. The van der Waals surface area contributed by atoms with Crippen LogP contribution in [0.5, 0.6) is 0 Å². The minimum absolute atomic E-state index is 0.129. The Labute approximate surface area is 78.1 Å². The van der Waals surface area contributed by atoms with Gasteiger partial charge in [0.1, 0.15) is 5.82 Å². The lowest BCUT2D eigenvalue weighted by atomic mass is 9.88. The van der Waals surface area contributed by atoms with Crippen molar-refractivity contribution in [1.29, 1.82) is 0 Å². The standard InChI is InChI=1S/C12H13F/c1-8-3-4-10-7-11(13)6-9(2)12(10)5-8/h3-4,6-8H,5H2,1-2H3. The minimum atomic E-state index is -0.129. The number of aryl methyl sites for hydroxylation is 1. The highest BCUT2D eigenvalue weighted by Crippen LogP contribution is 2.26. The van der Waals surface area contributed by atoms with E-state index in [1.165, 1.54) is 5.56 Å². The van der Waals surface area contributed by atoms with Crippen molar-refractivity contribution in [1.82, 2.24) is 0 Å². The highest BCUT2D eigenvalue weighted by molar-refractivity contribution is 5.58. The van der Waals surface area contributed by atoms with Crippen molar-refractivity contribution in [2.75, 3.05) is 0 Å². The predicted octanol–water partition coefficient (Wildman–Crippen LogP) is 3.34. The van der Waals surface area contributed by atoms with Crippen LogP contribution in [0, 0.1) is 18.7 Å². The van der Waals surface area contributed by atoms with E-state index in [2.05, 4.69) is 13.0 Å². The van der Waals surface area contributed by atoms with Crippen LogP contribution in [0.25, 0.3) is 6.08 Å². The molecule has 1 atom stereocenters. The molecule has 0 saturated heterocycles. The summed E-state index contributed by atoms with van der Waals surface area (Å²) in [5.74, 6) is 0.451. The van der Waals surface area contributed by atoms with Crippen molar-refractivity contribution in [3.8, 4) is 0 Å². The van der Waals surface area contributed by atoms with Crippen molar-refractivity contribution in [3.05, 3.63) is 40.7 Å². The lowest BCUT2D eigenvalue weighted by molar-refractivity contribution is 0.622. The molecule has 1 unspecified atom stereocenters. The second-order valence-electron chi connectivity index (χ2n) is 3.83. The second-order valence-corrected chi connectivity index (χ2v) is 3.83. The molecule has 0 aliphatic heterocycles. The Morgan fingerprint density at radius 3 is 2.92 bits per heavy atom. The van der Waals surface area contributed by atoms with Gasteiger partial charge in [0, 0.05) is 0 Å². The molecule has 0 spiro atoms. The number of benzene rings is 1. The van der Waals surface area contributed by atoms with Crippen LogP contribution in [0.15, 0.2) is 18.2 Å². The van der Waals surface area contributed by atoms with Gasteiger partial charge >= 0.3 is 0 Å². The summed E-state index contributed by atoms with van der Waals surface area (Å²) >= 11 is 0. The van der Waals surface area contributed by atoms with E-state index in [0.717, 1.165) is 17.5 Å². The molecule has 1 aromatic carbocycles. The van der Waals surface area contributed by atoms with Gasteiger partial charge in [0.2, 0.25) is 0 Å². The molecule has 0 saturated carbocycles. The van der Waals surface area contributed by atoms with Crippen LogP contribution in [-0.2, 0) is 6.42 Å². The van der Waals surface area contributed by atoms with Gasteiger partial charge in [0.15, 0.2) is 0 Å². The molecule has 2 rings (SSSR count). The quantitative estimate of drug-likeness (QED) is 0.568. The maximum atomic E-state index is 13.0. The number of halogens is 1. The molecular formula is C12H13F. The first kappa shape index (κ1) is 8.49. The summed E-state index contributed by atoms with van der Waals surface area (Å²) in [7, 11) is 0. The molecule has 13 heavy (non-hydrogen) atoms. The largest absolute Gasteiger partial charge is 0.207 e. The summed E-state index contributed by atoms with van der Waals surface area (Å²) in [6.07, 6.45) is 5.21. The zero-order chi connectivity index (χ0) is 9.42. The maximum absolute atomic E-state index is 13.0. The van der Waals surface area contributed by atoms with E-state index in [9.17, 15) is 4.39 Å². The molecule has 0 amide bonds. The second kappa shape index (κ2) is 2.99. The Morgan fingerprint density at radius 1 is 1.38 bits per heavy atom. The van der Waals surface area contributed by atoms with Gasteiger partial charge in [-0.2, -0.15) is 0 Å². The fourth-order valence-electron chi connectivity index (χ4n) is 1.88. The Hall–Kier alpha value is -1.11. The summed E-state index contributed by atoms with van der Waals surface area (Å²) in [6.45, 7) is 4.16. The van der Waals surface area contributed by atoms with Gasteiger partial charge in [-0.1, -0.05) is 19.1 Å². The third kappa shape index (κ3) is 1.51. The van der Waals surface area contributed by atoms with Crippen LogP contribution >= 0.6 is 0 Å². The predicted molar refractivity (Wildman–Crippen MR) is 53.0 cm³/mol. The van der Waals surface area contributed by atoms with Crippen LogP contribution in [0.2, 0.25) is 0 Å². The fourth-order valence-corrected chi connectivity index (χ4v) is 1.88. The SMILES string of the molecule is Cc1cc(F)cc2c1CC(C)C=C2. The van der Waals surface area contributed by atoms with E-state index in [1.807, 2.05) is 13.0 Å². The zero-order valence-corrected chi connectivity index (χ0v) is 7.97. The molecule has 1 aliphatic rings. The van der Waals surface area contributed by atoms with E-state index in [1.54, 1.807) is 12.1 Å². The van der Waals surface area contributed by atoms with E-state index in [0.29, 0.717) is 5.92 Å². The average molecular weight is 176 g/mol. The van der Waals surface area contributed by atoms with E-state index < -0.39 is 0 Å². The average Bonchev–Trinajstić information content (AvgIpc) is 2.06. The minimum Gasteiger partial charge on any atom is -0.207 e. The van der Waals surface area contributed by atoms with Gasteiger partial charge in [-0.05, 0) is 48.1 Å². The molecule has 0 radical (unpaired) electrons. The van der Waals surface area contributed by atoms with Gasteiger partial charge in [0.05, 0.1) is 0 Å². The molecule has 1 aliphatic carbocycles. The van der Waals surface area contributed by atoms with Crippen LogP contribution in [0.3, 0.4) is 0 Å². The van der Waals surface area contributed by atoms with Crippen molar-refractivity contribution >= 4 is 6.08 Å². The summed E-state index contributed by atoms with van der Waals surface area (Å²) in [5.41, 5.74) is 3.43. The van der Waals surface area contributed by atoms with E-state index in [-0.39, 0.29) is 5.82 Å². The monoisotopic (exact) mass is 176 g/mol. The van der Waals surface area contributed by atoms with Crippen molar-refractivity contribution in [2.24, 2.45) is 5.92 Å². The van der Waals surface area contributed by atoms with Crippen LogP contribution in [0.1, 0.15) is 23.6 Å². The summed E-state index contributed by atoms with van der Waals surface area (Å²) in [6, 6.07) is 3.23. The topological polar surface area (TPSA) is 0 Å². The number of fused-ring (bicyclic) bond motifs is 1. The van der Waals surface area contributed by atoms with Crippen LogP contribution in [-0.4, -0.2) is 0 Å². The number of hydrogen-bond donors (Lipinski definition) is 0. The van der Waals surface area contributed by atoms with Gasteiger partial charge in [-0.3, -0.25) is 0 Å². The number of allylic oxidation sites excluding steroid dienone is 1. The number of hydrogen-bond acceptors (Lipinski definition) is 0. The Kier molecular flexibility index (Phi) is 1.95. The van der Waals surface area contributed by atoms with Crippen LogP contribution in [0.4, 0.5) is 4.39 Å². The van der Waals surface area contributed by atoms with Crippen LogP contribution < -0.4 is 0 Å². The van der Waals surface area contributed by atoms with Gasteiger partial charge < -0.3 is 0 Å². The Morgan fingerprint density at radius 2 is 2.15 bits per heavy atom. The summed E-state index contributed by atoms with van der Waals surface area (Å²) < 4.78 is 13.0. The number of rotatable bonds is 0. The molecule has 1 aromatic rings. The molecule has 1 heteroatoms. The smallest absolute Gasteiger partial charge is 0.124 e. The first-order chi connectivity index (χ1) is 6.16. The molecule has 0 fully saturated rings. The molecule has 0 aromatic heterocycles. The van der Waals surface area contributed by atoms with Gasteiger partial charge in [0.25, 0.3) is 0 Å². The summed E-state index contributed by atoms with van der Waals surface area (Å²) in [5, 5.41) is 0. The van der Waals surface area contributed by atoms with Crippen molar-refractivity contribution < 1.29 is 4.39 Å². The van der Waals surface area contributed by atoms with Crippen molar-refractivity contribution in [3.63, 3.8) is 0 Å². The van der Waals surface area contributed by atoms with E-state index >= 15 is 0 Å². The van der Waals surface area contributed by atoms with Gasteiger partial charge in [-0.15, -0.1) is 0 Å². The molecule has 68 valence electrons. The van der Waals surface area contributed by atoms with Gasteiger partial charge in [-0.25, -0.2) is 4.39 Å². The first-order valence-corrected chi connectivity index (χ1v) is 4.64. The third-order valence-electron chi connectivity index (χ3n) is 2.60.